The third-order valence-electron chi connectivity index (χ3n) is 3.20. The maximum Gasteiger partial charge on any atom is 0.330 e. The number of carbonyl (C=O) groups excluding carboxylic acids is 1. The van der Waals surface area contributed by atoms with Crippen molar-refractivity contribution in [1.29, 1.82) is 0 Å². The lowest BCUT2D eigenvalue weighted by Crippen LogP contribution is -2.51. The average molecular weight is 283 g/mol. The van der Waals surface area contributed by atoms with E-state index in [4.69, 9.17) is 9.47 Å². The molecule has 0 amide bonds. The summed E-state index contributed by atoms with van der Waals surface area (Å²) in [6, 6.07) is 6.03. The van der Waals surface area contributed by atoms with Crippen molar-refractivity contribution in [2.75, 3.05) is 26.9 Å². The summed E-state index contributed by atoms with van der Waals surface area (Å²) in [5.41, 5.74) is -0.481. The van der Waals surface area contributed by atoms with E-state index in [1.165, 1.54) is 12.1 Å². The Bertz CT molecular complexity index is 439. The number of ether oxygens (including phenoxy) is 2. The molecule has 4 nitrogen and oxygen atoms in total. The van der Waals surface area contributed by atoms with Crippen LogP contribution in [0.25, 0.3) is 0 Å². The molecular formula is C15H22FNO3. The molecule has 0 aromatic heterocycles. The maximum atomic E-state index is 13.5. The summed E-state index contributed by atoms with van der Waals surface area (Å²) in [6.45, 7) is 4.82. The third-order valence-corrected chi connectivity index (χ3v) is 3.20. The molecule has 5 heteroatoms. The Kier molecular flexibility index (Phi) is 6.61. The van der Waals surface area contributed by atoms with Crippen LogP contribution in [0.4, 0.5) is 4.39 Å². The van der Waals surface area contributed by atoms with Crippen LogP contribution in [0.5, 0.6) is 0 Å². The number of benzene rings is 1. The van der Waals surface area contributed by atoms with Crippen LogP contribution in [0.15, 0.2) is 24.3 Å². The van der Waals surface area contributed by atoms with Gasteiger partial charge in [0.2, 0.25) is 0 Å². The van der Waals surface area contributed by atoms with Gasteiger partial charge in [-0.2, -0.15) is 0 Å². The van der Waals surface area contributed by atoms with Gasteiger partial charge >= 0.3 is 5.97 Å². The molecule has 1 N–H and O–H groups in total. The Morgan fingerprint density at radius 2 is 2.15 bits per heavy atom. The molecule has 0 heterocycles. The third kappa shape index (κ3) is 3.77. The zero-order chi connectivity index (χ0) is 15.0. The second-order valence-corrected chi connectivity index (χ2v) is 4.41. The summed E-state index contributed by atoms with van der Waals surface area (Å²) in [7, 11) is 1.59. The first-order valence-electron chi connectivity index (χ1n) is 6.78. The van der Waals surface area contributed by atoms with E-state index >= 15 is 0 Å². The van der Waals surface area contributed by atoms with Crippen molar-refractivity contribution < 1.29 is 18.7 Å². The van der Waals surface area contributed by atoms with E-state index in [1.807, 2.05) is 6.92 Å². The van der Waals surface area contributed by atoms with Crippen LogP contribution in [-0.2, 0) is 19.8 Å². The van der Waals surface area contributed by atoms with Gasteiger partial charge in [-0.3, -0.25) is 5.32 Å². The van der Waals surface area contributed by atoms with Crippen LogP contribution < -0.4 is 5.32 Å². The fraction of sp³-hybridized carbons (Fsp3) is 0.533. The molecular weight excluding hydrogens is 261 g/mol. The van der Waals surface area contributed by atoms with Gasteiger partial charge in [0.15, 0.2) is 0 Å². The molecule has 0 aliphatic carbocycles. The monoisotopic (exact) mass is 283 g/mol. The van der Waals surface area contributed by atoms with Gasteiger partial charge in [0, 0.05) is 13.7 Å². The minimum Gasteiger partial charge on any atom is -0.464 e. The van der Waals surface area contributed by atoms with Gasteiger partial charge < -0.3 is 9.47 Å². The topological polar surface area (TPSA) is 47.6 Å². The van der Waals surface area contributed by atoms with Crippen molar-refractivity contribution >= 4 is 5.97 Å². The highest BCUT2D eigenvalue weighted by Crippen LogP contribution is 2.27. The number of methoxy groups -OCH3 is 1. The van der Waals surface area contributed by atoms with Gasteiger partial charge in [0.1, 0.15) is 11.4 Å². The van der Waals surface area contributed by atoms with E-state index in [9.17, 15) is 9.18 Å². The second-order valence-electron chi connectivity index (χ2n) is 4.41. The number of hydrogen-bond acceptors (Lipinski definition) is 4. The standard InChI is InChI=1S/C15H22FNO3/c1-4-15(14(18)20-5-2,17-9-10-19-3)12-7-6-8-13(16)11-12/h6-8,11,17H,4-5,9-10H2,1-3H3. The van der Waals surface area contributed by atoms with Gasteiger partial charge in [-0.15, -0.1) is 0 Å². The fourth-order valence-corrected chi connectivity index (χ4v) is 2.14. The number of nitrogens with one attached hydrogen (secondary N) is 1. The van der Waals surface area contributed by atoms with Crippen molar-refractivity contribution in [3.05, 3.63) is 35.6 Å². The lowest BCUT2D eigenvalue weighted by molar-refractivity contribution is -0.152. The van der Waals surface area contributed by atoms with Crippen LogP contribution in [0.2, 0.25) is 0 Å². The first-order valence-corrected chi connectivity index (χ1v) is 6.78. The fourth-order valence-electron chi connectivity index (χ4n) is 2.14. The number of hydrogen-bond donors (Lipinski definition) is 1. The molecule has 0 bridgehead atoms. The number of carbonyl (C=O) groups is 1. The highest BCUT2D eigenvalue weighted by Gasteiger charge is 2.39. The highest BCUT2D eigenvalue weighted by molar-refractivity contribution is 5.82. The molecule has 0 saturated heterocycles. The first-order chi connectivity index (χ1) is 9.60. The van der Waals surface area contributed by atoms with E-state index in [0.29, 0.717) is 25.1 Å². The molecule has 0 aliphatic heterocycles. The zero-order valence-electron chi connectivity index (χ0n) is 12.2. The Morgan fingerprint density at radius 3 is 2.70 bits per heavy atom. The Morgan fingerprint density at radius 1 is 1.40 bits per heavy atom. The van der Waals surface area contributed by atoms with Gasteiger partial charge in [0.05, 0.1) is 13.2 Å². The van der Waals surface area contributed by atoms with E-state index in [2.05, 4.69) is 5.32 Å². The Balaban J connectivity index is 3.12. The predicted octanol–water partition coefficient (Wildman–Crippen LogP) is 2.23. The number of esters is 1. The largest absolute Gasteiger partial charge is 0.464 e. The van der Waals surface area contributed by atoms with Gasteiger partial charge in [-0.25, -0.2) is 9.18 Å². The average Bonchev–Trinajstić information content (AvgIpc) is 2.44. The lowest BCUT2D eigenvalue weighted by atomic mass is 9.87. The molecule has 1 aromatic carbocycles. The minimum atomic E-state index is -1.05. The molecule has 1 aromatic rings. The molecule has 1 atom stereocenters. The summed E-state index contributed by atoms with van der Waals surface area (Å²) in [6.07, 6.45) is 0.457. The molecule has 1 unspecified atom stereocenters. The van der Waals surface area contributed by atoms with E-state index in [-0.39, 0.29) is 12.4 Å². The summed E-state index contributed by atoms with van der Waals surface area (Å²) in [5, 5.41) is 3.15. The van der Waals surface area contributed by atoms with Crippen LogP contribution in [-0.4, -0.2) is 32.8 Å². The summed E-state index contributed by atoms with van der Waals surface area (Å²) in [5.74, 6) is -0.776. The predicted molar refractivity (Wildman–Crippen MR) is 74.9 cm³/mol. The molecule has 20 heavy (non-hydrogen) atoms. The second kappa shape index (κ2) is 7.97. The molecule has 0 aliphatic rings. The molecule has 0 radical (unpaired) electrons. The molecule has 0 saturated carbocycles. The zero-order valence-corrected chi connectivity index (χ0v) is 12.2. The van der Waals surface area contributed by atoms with E-state index < -0.39 is 11.5 Å². The van der Waals surface area contributed by atoms with E-state index in [1.54, 1.807) is 26.2 Å². The van der Waals surface area contributed by atoms with Crippen molar-refractivity contribution in [1.82, 2.24) is 5.32 Å². The SMILES string of the molecule is CCOC(=O)C(CC)(NCCOC)c1cccc(F)c1. The molecule has 0 spiro atoms. The van der Waals surface area contributed by atoms with Crippen molar-refractivity contribution in [2.24, 2.45) is 0 Å². The summed E-state index contributed by atoms with van der Waals surface area (Å²) >= 11 is 0. The van der Waals surface area contributed by atoms with Crippen molar-refractivity contribution in [2.45, 2.75) is 25.8 Å². The van der Waals surface area contributed by atoms with Crippen LogP contribution in [0, 0.1) is 5.82 Å². The molecule has 1 rings (SSSR count). The summed E-state index contributed by atoms with van der Waals surface area (Å²) < 4.78 is 23.6. The summed E-state index contributed by atoms with van der Waals surface area (Å²) in [4.78, 5) is 12.4. The minimum absolute atomic E-state index is 0.280. The molecule has 112 valence electrons. The quantitative estimate of drug-likeness (QED) is 0.587. The van der Waals surface area contributed by atoms with Gasteiger partial charge in [0.25, 0.3) is 0 Å². The van der Waals surface area contributed by atoms with E-state index in [0.717, 1.165) is 0 Å². The smallest absolute Gasteiger partial charge is 0.330 e. The maximum absolute atomic E-state index is 13.5. The normalized spacial score (nSPS) is 13.8. The van der Waals surface area contributed by atoms with Crippen LogP contribution in [0.1, 0.15) is 25.8 Å². The van der Waals surface area contributed by atoms with Crippen molar-refractivity contribution in [3.63, 3.8) is 0 Å². The first kappa shape index (κ1) is 16.6. The highest BCUT2D eigenvalue weighted by atomic mass is 19.1. The Labute approximate surface area is 119 Å². The van der Waals surface area contributed by atoms with Gasteiger partial charge in [-0.1, -0.05) is 19.1 Å². The van der Waals surface area contributed by atoms with Crippen molar-refractivity contribution in [3.8, 4) is 0 Å². The molecule has 0 fully saturated rings. The Hall–Kier alpha value is -1.46. The van der Waals surface area contributed by atoms with Crippen LogP contribution >= 0.6 is 0 Å². The number of halogens is 1. The van der Waals surface area contributed by atoms with Crippen LogP contribution in [0.3, 0.4) is 0 Å². The lowest BCUT2D eigenvalue weighted by Gasteiger charge is -2.32. The number of rotatable bonds is 8. The van der Waals surface area contributed by atoms with Gasteiger partial charge in [-0.05, 0) is 31.0 Å².